The van der Waals surface area contributed by atoms with Gasteiger partial charge in [-0.25, -0.2) is 0 Å². The highest BCUT2D eigenvalue weighted by Crippen LogP contribution is 2.55. The normalized spacial score (nSPS) is 23.2. The van der Waals surface area contributed by atoms with Gasteiger partial charge >= 0.3 is 6.18 Å². The van der Waals surface area contributed by atoms with Crippen LogP contribution in [-0.4, -0.2) is 70.3 Å². The van der Waals surface area contributed by atoms with Gasteiger partial charge in [-0.15, -0.1) is 0 Å². The van der Waals surface area contributed by atoms with Crippen LogP contribution in [0.5, 0.6) is 0 Å². The fraction of sp³-hybridized carbons (Fsp3) is 0.417. The van der Waals surface area contributed by atoms with Gasteiger partial charge in [-0.3, -0.25) is 9.59 Å². The summed E-state index contributed by atoms with van der Waals surface area (Å²) in [6.45, 7) is 1.34. The lowest BCUT2D eigenvalue weighted by atomic mass is 9.89. The van der Waals surface area contributed by atoms with E-state index < -0.39 is 23.8 Å². The van der Waals surface area contributed by atoms with E-state index >= 15 is 0 Å². The zero-order valence-electron chi connectivity index (χ0n) is 17.7. The second-order valence-corrected chi connectivity index (χ2v) is 8.98. The molecule has 0 spiro atoms. The Morgan fingerprint density at radius 1 is 0.939 bits per heavy atom. The van der Waals surface area contributed by atoms with Crippen molar-refractivity contribution in [3.8, 4) is 11.1 Å². The number of amides is 2. The Morgan fingerprint density at radius 2 is 1.58 bits per heavy atom. The average Bonchev–Trinajstić information content (AvgIpc) is 3.02. The number of halogens is 3. The molecular weight excluding hydrogens is 437 g/mol. The van der Waals surface area contributed by atoms with E-state index in [0.29, 0.717) is 25.9 Å². The molecule has 174 valence electrons. The zero-order valence-corrected chi connectivity index (χ0v) is 17.7. The Kier molecular flexibility index (Phi) is 5.02. The highest BCUT2D eigenvalue weighted by atomic mass is 19.4. The van der Waals surface area contributed by atoms with E-state index in [0.717, 1.165) is 6.07 Å². The third-order valence-corrected chi connectivity index (χ3v) is 6.97. The highest BCUT2D eigenvalue weighted by molar-refractivity contribution is 5.97. The summed E-state index contributed by atoms with van der Waals surface area (Å²) < 4.78 is 42.0. The summed E-state index contributed by atoms with van der Waals surface area (Å²) in [6.07, 6.45) is -4.30. The number of carbonyl (C=O) groups is 2. The lowest BCUT2D eigenvalue weighted by Crippen LogP contribution is -2.57. The Balaban J connectivity index is 1.35. The molecule has 0 saturated carbocycles. The van der Waals surface area contributed by atoms with Crippen molar-refractivity contribution < 1.29 is 33.0 Å². The molecule has 2 amide bonds. The Bertz CT molecular complexity index is 1120. The van der Waals surface area contributed by atoms with E-state index in [-0.39, 0.29) is 52.7 Å². The fourth-order valence-corrected chi connectivity index (χ4v) is 5.02. The third-order valence-electron chi connectivity index (χ3n) is 6.97. The second-order valence-electron chi connectivity index (χ2n) is 8.98. The first-order chi connectivity index (χ1) is 15.6. The van der Waals surface area contributed by atoms with Gasteiger partial charge in [0.25, 0.3) is 5.91 Å². The van der Waals surface area contributed by atoms with E-state index in [1.807, 2.05) is 0 Å². The molecule has 0 aromatic heterocycles. The Hall–Kier alpha value is -2.91. The minimum atomic E-state index is -4.97. The van der Waals surface area contributed by atoms with Crippen LogP contribution in [0.25, 0.3) is 11.1 Å². The number of hydrogen-bond donors (Lipinski definition) is 2. The van der Waals surface area contributed by atoms with Gasteiger partial charge in [0, 0.05) is 42.9 Å². The van der Waals surface area contributed by atoms with Gasteiger partial charge in [-0.2, -0.15) is 13.2 Å². The summed E-state index contributed by atoms with van der Waals surface area (Å²) >= 11 is 0. The Morgan fingerprint density at radius 3 is 2.24 bits per heavy atom. The van der Waals surface area contributed by atoms with Crippen LogP contribution in [-0.2, 0) is 10.4 Å². The number of likely N-dealkylation sites (tertiary alicyclic amines) is 2. The van der Waals surface area contributed by atoms with Crippen molar-refractivity contribution in [2.75, 3.05) is 26.2 Å². The van der Waals surface area contributed by atoms with Crippen molar-refractivity contribution in [2.45, 2.75) is 30.7 Å². The smallest absolute Gasteiger partial charge is 0.393 e. The molecule has 2 N–H and O–H groups in total. The molecule has 1 aliphatic carbocycles. The van der Waals surface area contributed by atoms with Crippen molar-refractivity contribution in [1.29, 1.82) is 0 Å². The van der Waals surface area contributed by atoms with E-state index in [9.17, 15) is 33.0 Å². The fourth-order valence-electron chi connectivity index (χ4n) is 5.02. The van der Waals surface area contributed by atoms with Gasteiger partial charge in [0.05, 0.1) is 12.0 Å². The quantitative estimate of drug-likeness (QED) is 0.722. The molecule has 5 rings (SSSR count). The van der Waals surface area contributed by atoms with Gasteiger partial charge < -0.3 is 20.0 Å². The summed E-state index contributed by atoms with van der Waals surface area (Å²) in [5.74, 6) is -0.895. The zero-order chi connectivity index (χ0) is 23.5. The molecule has 0 radical (unpaired) electrons. The molecule has 2 aromatic rings. The lowest BCUT2D eigenvalue weighted by Gasteiger charge is -2.42. The molecule has 2 saturated heterocycles. The number of nitrogens with zero attached hydrogens (tertiary/aromatic N) is 2. The number of aliphatic hydroxyl groups excluding tert-OH is 1. The number of aliphatic hydroxyl groups is 2. The van der Waals surface area contributed by atoms with E-state index in [1.165, 1.54) is 35.2 Å². The molecule has 1 unspecified atom stereocenters. The monoisotopic (exact) mass is 460 g/mol. The molecule has 2 aromatic carbocycles. The molecule has 0 bridgehead atoms. The maximum Gasteiger partial charge on any atom is 0.425 e. The van der Waals surface area contributed by atoms with Gasteiger partial charge in [-0.05, 0) is 36.1 Å². The molecule has 9 heteroatoms. The van der Waals surface area contributed by atoms with Crippen LogP contribution in [0.4, 0.5) is 13.2 Å². The third kappa shape index (κ3) is 3.33. The average molecular weight is 460 g/mol. The van der Waals surface area contributed by atoms with Crippen LogP contribution in [0.2, 0.25) is 0 Å². The maximum atomic E-state index is 14.0. The van der Waals surface area contributed by atoms with Crippen molar-refractivity contribution >= 4 is 11.8 Å². The minimum absolute atomic E-state index is 0.0382. The molecule has 1 atom stereocenters. The molecule has 33 heavy (non-hydrogen) atoms. The van der Waals surface area contributed by atoms with Crippen molar-refractivity contribution in [1.82, 2.24) is 9.80 Å². The number of benzene rings is 2. The topological polar surface area (TPSA) is 81.1 Å². The molecule has 2 fully saturated rings. The van der Waals surface area contributed by atoms with Gasteiger partial charge in [0.15, 0.2) is 0 Å². The number of carbonyl (C=O) groups excluding carboxylic acids is 2. The molecule has 2 heterocycles. The largest absolute Gasteiger partial charge is 0.425 e. The first-order valence-corrected chi connectivity index (χ1v) is 10.9. The molecular formula is C24H23F3N2O4. The summed E-state index contributed by atoms with van der Waals surface area (Å²) in [5.41, 5.74) is -3.24. The van der Waals surface area contributed by atoms with Gasteiger partial charge in [-0.1, -0.05) is 30.3 Å². The molecule has 6 nitrogen and oxygen atoms in total. The summed E-state index contributed by atoms with van der Waals surface area (Å²) in [7, 11) is 0. The van der Waals surface area contributed by atoms with Crippen molar-refractivity contribution in [3.05, 3.63) is 59.2 Å². The number of hydrogen-bond acceptors (Lipinski definition) is 4. The number of fused-ring (bicyclic) bond motifs is 3. The standard InChI is InChI=1S/C24H23F3N2O4/c25-24(26,27)23(33)19-4-2-1-3-17(19)18-6-5-14(11-20(18)23)21(31)29-12-15(13-29)22(32)28-9-7-16(30)8-10-28/h1-6,11,15-16,30,33H,7-10,12-13H2. The predicted molar refractivity (Wildman–Crippen MR) is 112 cm³/mol. The number of piperidine rings is 1. The highest BCUT2D eigenvalue weighted by Gasteiger charge is 2.60. The van der Waals surface area contributed by atoms with Crippen LogP contribution < -0.4 is 0 Å². The second kappa shape index (κ2) is 7.56. The van der Waals surface area contributed by atoms with Gasteiger partial charge in [0.1, 0.15) is 0 Å². The van der Waals surface area contributed by atoms with E-state index in [2.05, 4.69) is 0 Å². The SMILES string of the molecule is O=C(c1ccc2c(c1)C(O)(C(F)(F)F)c1ccccc1-2)N1CC(C(=O)N2CCC(O)CC2)C1. The summed E-state index contributed by atoms with van der Waals surface area (Å²) in [4.78, 5) is 28.7. The summed E-state index contributed by atoms with van der Waals surface area (Å²) in [6, 6.07) is 9.82. The first-order valence-electron chi connectivity index (χ1n) is 10.9. The molecule has 2 aliphatic heterocycles. The number of rotatable bonds is 2. The minimum Gasteiger partial charge on any atom is -0.393 e. The van der Waals surface area contributed by atoms with Crippen LogP contribution in [0, 0.1) is 5.92 Å². The Labute approximate surface area is 188 Å². The van der Waals surface area contributed by atoms with Crippen molar-refractivity contribution in [2.24, 2.45) is 5.92 Å². The number of alkyl halides is 3. The van der Waals surface area contributed by atoms with Gasteiger partial charge in [0.2, 0.25) is 11.5 Å². The van der Waals surface area contributed by atoms with Crippen molar-refractivity contribution in [3.63, 3.8) is 0 Å². The van der Waals surface area contributed by atoms with Crippen LogP contribution in [0.1, 0.15) is 34.3 Å². The molecule has 3 aliphatic rings. The predicted octanol–water partition coefficient (Wildman–Crippen LogP) is 2.52. The van der Waals surface area contributed by atoms with Crippen LogP contribution in [0.15, 0.2) is 42.5 Å². The van der Waals surface area contributed by atoms with E-state index in [1.54, 1.807) is 11.0 Å². The van der Waals surface area contributed by atoms with Crippen LogP contribution >= 0.6 is 0 Å². The lowest BCUT2D eigenvalue weighted by molar-refractivity contribution is -0.246. The first kappa shape index (κ1) is 21.9. The summed E-state index contributed by atoms with van der Waals surface area (Å²) in [5, 5.41) is 20.4. The van der Waals surface area contributed by atoms with Crippen LogP contribution in [0.3, 0.4) is 0 Å². The maximum absolute atomic E-state index is 14.0. The van der Waals surface area contributed by atoms with E-state index in [4.69, 9.17) is 0 Å².